The highest BCUT2D eigenvalue weighted by atomic mass is 15.1. The molecule has 0 radical (unpaired) electrons. The van der Waals surface area contributed by atoms with Crippen molar-refractivity contribution in [1.82, 2.24) is 14.9 Å². The Bertz CT molecular complexity index is 321. The van der Waals surface area contributed by atoms with Crippen molar-refractivity contribution in [1.29, 1.82) is 0 Å². The van der Waals surface area contributed by atoms with Crippen LogP contribution in [-0.2, 0) is 6.54 Å². The summed E-state index contributed by atoms with van der Waals surface area (Å²) in [6.45, 7) is 2.33. The summed E-state index contributed by atoms with van der Waals surface area (Å²) < 4.78 is 2.35. The highest BCUT2D eigenvalue weighted by Gasteiger charge is 2.23. The molecule has 0 amide bonds. The Hall–Kier alpha value is -0.830. The third-order valence-corrected chi connectivity index (χ3v) is 3.64. The number of aromatic nitrogens is 2. The third-order valence-electron chi connectivity index (χ3n) is 3.64. The van der Waals surface area contributed by atoms with Crippen LogP contribution in [0.3, 0.4) is 0 Å². The van der Waals surface area contributed by atoms with Crippen molar-refractivity contribution in [3.8, 4) is 0 Å². The van der Waals surface area contributed by atoms with E-state index in [2.05, 4.69) is 14.9 Å². The second-order valence-corrected chi connectivity index (χ2v) is 4.89. The second kappa shape index (κ2) is 3.97. The number of rotatable bonds is 4. The lowest BCUT2D eigenvalue weighted by Gasteiger charge is -2.13. The summed E-state index contributed by atoms with van der Waals surface area (Å²) >= 11 is 0. The highest BCUT2D eigenvalue weighted by molar-refractivity contribution is 5.07. The Kier molecular flexibility index (Phi) is 2.49. The largest absolute Gasteiger partial charge is 0.333 e. The molecule has 3 nitrogen and oxygen atoms in total. The Morgan fingerprint density at radius 1 is 1.40 bits per heavy atom. The highest BCUT2D eigenvalue weighted by Crippen LogP contribution is 2.33. The fraction of sp³-hybridized carbons (Fsp3) is 0.750. The monoisotopic (exact) mass is 205 g/mol. The fourth-order valence-electron chi connectivity index (χ4n) is 2.47. The summed E-state index contributed by atoms with van der Waals surface area (Å²) in [7, 11) is 0. The molecule has 1 saturated heterocycles. The van der Waals surface area contributed by atoms with Crippen LogP contribution in [0.5, 0.6) is 0 Å². The van der Waals surface area contributed by atoms with E-state index in [1.54, 1.807) is 0 Å². The first-order valence-corrected chi connectivity index (χ1v) is 6.17. The van der Waals surface area contributed by atoms with Gasteiger partial charge in [-0.3, -0.25) is 0 Å². The molecule has 0 unspecified atom stereocenters. The maximum atomic E-state index is 4.29. The summed E-state index contributed by atoms with van der Waals surface area (Å²) in [5.74, 6) is 1.01. The number of aryl methyl sites for hydroxylation is 1. The first-order valence-electron chi connectivity index (χ1n) is 6.17. The Labute approximate surface area is 90.9 Å². The van der Waals surface area contributed by atoms with Gasteiger partial charge in [-0.15, -0.1) is 0 Å². The minimum absolute atomic E-state index is 0.562. The smallest absolute Gasteiger partial charge is 0.0948 e. The number of imidazole rings is 1. The minimum atomic E-state index is 0.562. The molecule has 1 saturated carbocycles. The van der Waals surface area contributed by atoms with Crippen molar-refractivity contribution in [2.75, 3.05) is 6.54 Å². The average Bonchev–Trinajstić information content (AvgIpc) is 2.79. The number of hydrogen-bond donors (Lipinski definition) is 1. The summed E-state index contributed by atoms with van der Waals surface area (Å²) in [5.41, 5.74) is 1.40. The molecule has 2 heterocycles. The van der Waals surface area contributed by atoms with E-state index in [9.17, 15) is 0 Å². The molecule has 1 atom stereocenters. The van der Waals surface area contributed by atoms with E-state index in [1.165, 1.54) is 44.3 Å². The van der Waals surface area contributed by atoms with Gasteiger partial charge in [0.05, 0.1) is 12.0 Å². The average molecular weight is 205 g/mol. The molecule has 1 aromatic heterocycles. The van der Waals surface area contributed by atoms with Gasteiger partial charge in [0.2, 0.25) is 0 Å². The van der Waals surface area contributed by atoms with E-state index in [0.29, 0.717) is 6.04 Å². The van der Waals surface area contributed by atoms with Gasteiger partial charge in [0.1, 0.15) is 0 Å². The van der Waals surface area contributed by atoms with Gasteiger partial charge in [-0.25, -0.2) is 4.98 Å². The van der Waals surface area contributed by atoms with Gasteiger partial charge in [0.15, 0.2) is 0 Å². The molecule has 82 valence electrons. The van der Waals surface area contributed by atoms with Crippen molar-refractivity contribution in [2.24, 2.45) is 5.92 Å². The predicted molar refractivity (Wildman–Crippen MR) is 59.5 cm³/mol. The molecule has 2 aliphatic rings. The Balaban J connectivity index is 1.67. The Morgan fingerprint density at radius 3 is 3.07 bits per heavy atom. The van der Waals surface area contributed by atoms with Crippen molar-refractivity contribution in [3.63, 3.8) is 0 Å². The van der Waals surface area contributed by atoms with E-state index < -0.39 is 0 Å². The zero-order valence-corrected chi connectivity index (χ0v) is 9.15. The lowest BCUT2D eigenvalue weighted by atomic mass is 10.1. The molecule has 1 aliphatic heterocycles. The van der Waals surface area contributed by atoms with Gasteiger partial charge in [0.25, 0.3) is 0 Å². The first-order chi connectivity index (χ1) is 7.43. The van der Waals surface area contributed by atoms with Crippen LogP contribution in [0, 0.1) is 5.92 Å². The van der Waals surface area contributed by atoms with Gasteiger partial charge in [0, 0.05) is 18.8 Å². The molecule has 3 rings (SSSR count). The second-order valence-electron chi connectivity index (χ2n) is 4.89. The van der Waals surface area contributed by atoms with Crippen LogP contribution in [0.4, 0.5) is 0 Å². The molecular formula is C12H19N3. The number of hydrogen-bond acceptors (Lipinski definition) is 2. The van der Waals surface area contributed by atoms with Crippen LogP contribution in [0.15, 0.2) is 12.5 Å². The summed E-state index contributed by atoms with van der Waals surface area (Å²) in [6, 6.07) is 0.562. The maximum Gasteiger partial charge on any atom is 0.0948 e. The molecule has 0 bridgehead atoms. The van der Waals surface area contributed by atoms with Crippen molar-refractivity contribution < 1.29 is 0 Å². The van der Waals surface area contributed by atoms with Crippen molar-refractivity contribution in [3.05, 3.63) is 18.2 Å². The van der Waals surface area contributed by atoms with Gasteiger partial charge >= 0.3 is 0 Å². The standard InChI is InChI=1S/C12H19N3/c1-2-11(14-6-1)12-8-13-9-15(12)7-5-10-3-4-10/h8-11,14H,1-7H2/t11-/m0/s1. The van der Waals surface area contributed by atoms with Crippen LogP contribution in [0.25, 0.3) is 0 Å². The summed E-state index contributed by atoms with van der Waals surface area (Å²) in [5, 5.41) is 3.54. The first kappa shape index (κ1) is 9.40. The molecule has 1 aliphatic carbocycles. The number of nitrogens with one attached hydrogen (secondary N) is 1. The van der Waals surface area contributed by atoms with Crippen molar-refractivity contribution >= 4 is 0 Å². The fourth-order valence-corrected chi connectivity index (χ4v) is 2.47. The van der Waals surface area contributed by atoms with Crippen LogP contribution in [0.1, 0.15) is 43.8 Å². The van der Waals surface area contributed by atoms with Crippen molar-refractivity contribution in [2.45, 2.75) is 44.7 Å². The predicted octanol–water partition coefficient (Wildman–Crippen LogP) is 2.11. The topological polar surface area (TPSA) is 29.9 Å². The molecule has 15 heavy (non-hydrogen) atoms. The van der Waals surface area contributed by atoms with E-state index in [-0.39, 0.29) is 0 Å². The summed E-state index contributed by atoms with van der Waals surface area (Å²) in [4.78, 5) is 4.29. The van der Waals surface area contributed by atoms with Gasteiger partial charge in [-0.1, -0.05) is 12.8 Å². The molecule has 1 N–H and O–H groups in total. The minimum Gasteiger partial charge on any atom is -0.333 e. The normalized spacial score (nSPS) is 26.0. The zero-order valence-electron chi connectivity index (χ0n) is 9.15. The van der Waals surface area contributed by atoms with Crippen LogP contribution in [0.2, 0.25) is 0 Å². The maximum absolute atomic E-state index is 4.29. The SMILES string of the molecule is c1ncn(CCC2CC2)c1[C@@H]1CCCN1. The molecule has 0 aromatic carbocycles. The summed E-state index contributed by atoms with van der Waals surface area (Å²) in [6.07, 6.45) is 10.9. The van der Waals surface area contributed by atoms with E-state index in [1.807, 2.05) is 12.5 Å². The van der Waals surface area contributed by atoms with Gasteiger partial charge in [-0.2, -0.15) is 0 Å². The van der Waals surface area contributed by atoms with Crippen LogP contribution >= 0.6 is 0 Å². The molecule has 0 spiro atoms. The van der Waals surface area contributed by atoms with Gasteiger partial charge < -0.3 is 9.88 Å². The Morgan fingerprint density at radius 2 is 2.33 bits per heavy atom. The van der Waals surface area contributed by atoms with E-state index >= 15 is 0 Å². The third kappa shape index (κ3) is 2.07. The van der Waals surface area contributed by atoms with E-state index in [4.69, 9.17) is 0 Å². The molecule has 1 aromatic rings. The quantitative estimate of drug-likeness (QED) is 0.816. The van der Waals surface area contributed by atoms with Crippen LogP contribution < -0.4 is 5.32 Å². The number of nitrogens with zero attached hydrogens (tertiary/aromatic N) is 2. The zero-order chi connectivity index (χ0) is 10.1. The van der Waals surface area contributed by atoms with E-state index in [0.717, 1.165) is 12.5 Å². The molecular weight excluding hydrogens is 186 g/mol. The lowest BCUT2D eigenvalue weighted by molar-refractivity contribution is 0.531. The van der Waals surface area contributed by atoms with Gasteiger partial charge in [-0.05, 0) is 31.7 Å². The lowest BCUT2D eigenvalue weighted by Crippen LogP contribution is -2.17. The molecule has 2 fully saturated rings. The molecule has 3 heteroatoms. The van der Waals surface area contributed by atoms with Crippen LogP contribution in [-0.4, -0.2) is 16.1 Å².